The minimum atomic E-state index is -3.91. The average Bonchev–Trinajstić information content (AvgIpc) is 2.85. The normalized spacial score (nSPS) is 17.5. The maximum absolute atomic E-state index is 13.5. The van der Waals surface area contributed by atoms with Crippen LogP contribution in [0.4, 0.5) is 5.69 Å². The molecule has 0 unspecified atom stereocenters. The predicted molar refractivity (Wildman–Crippen MR) is 111 cm³/mol. The number of benzene rings is 3. The third-order valence-electron chi connectivity index (χ3n) is 4.63. The van der Waals surface area contributed by atoms with Gasteiger partial charge in [0, 0.05) is 10.2 Å². The van der Waals surface area contributed by atoms with Crippen LogP contribution < -0.4 is 5.32 Å². The summed E-state index contributed by atoms with van der Waals surface area (Å²) in [5, 5.41) is 2.84. The molecule has 4 rings (SSSR count). The maximum atomic E-state index is 13.5. The van der Waals surface area contributed by atoms with Crippen molar-refractivity contribution in [1.82, 2.24) is 4.31 Å². The lowest BCUT2D eigenvalue weighted by Gasteiger charge is -2.29. The fourth-order valence-electron chi connectivity index (χ4n) is 3.38. The van der Waals surface area contributed by atoms with Gasteiger partial charge in [0.2, 0.25) is 15.9 Å². The Morgan fingerprint density at radius 1 is 0.929 bits per heavy atom. The molecule has 3 aromatic rings. The predicted octanol–water partition coefficient (Wildman–Crippen LogP) is 4.18. The van der Waals surface area contributed by atoms with Crippen LogP contribution in [-0.2, 0) is 14.8 Å². The Morgan fingerprint density at radius 3 is 2.25 bits per heavy atom. The molecule has 1 N–H and O–H groups in total. The smallest absolute Gasteiger partial charge is 0.244 e. The van der Waals surface area contributed by atoms with Crippen LogP contribution >= 0.6 is 15.9 Å². The third kappa shape index (κ3) is 3.48. The first-order valence-electron chi connectivity index (χ1n) is 8.68. The van der Waals surface area contributed by atoms with E-state index in [1.54, 1.807) is 36.4 Å². The molecule has 142 valence electrons. The molecule has 1 aliphatic heterocycles. The third-order valence-corrected chi connectivity index (χ3v) is 6.95. The van der Waals surface area contributed by atoms with E-state index in [1.165, 1.54) is 4.31 Å². The van der Waals surface area contributed by atoms with E-state index in [9.17, 15) is 13.2 Å². The second-order valence-electron chi connectivity index (χ2n) is 6.46. The van der Waals surface area contributed by atoms with Gasteiger partial charge in [-0.05, 0) is 41.5 Å². The zero-order valence-corrected chi connectivity index (χ0v) is 17.2. The number of hydrogen-bond acceptors (Lipinski definition) is 3. The monoisotopic (exact) mass is 456 g/mol. The molecular weight excluding hydrogens is 440 g/mol. The zero-order chi connectivity index (χ0) is 19.7. The highest BCUT2D eigenvalue weighted by Crippen LogP contribution is 2.39. The number of rotatable bonds is 3. The standard InChI is InChI=1S/C21H17BrN2O3S/c22-16-11-12-19-18(13-16)21(15-7-3-1-4-8-15)24(14-20(25)23-19)28(26,27)17-9-5-2-6-10-17/h1-13,21H,14H2,(H,23,25)/t21-/m1/s1. The molecule has 28 heavy (non-hydrogen) atoms. The molecule has 0 saturated carbocycles. The number of fused-ring (bicyclic) bond motifs is 1. The molecule has 0 radical (unpaired) electrons. The molecule has 0 aromatic heterocycles. The molecule has 0 spiro atoms. The Morgan fingerprint density at radius 2 is 1.57 bits per heavy atom. The highest BCUT2D eigenvalue weighted by Gasteiger charge is 2.38. The average molecular weight is 457 g/mol. The summed E-state index contributed by atoms with van der Waals surface area (Å²) in [6, 6.07) is 22.4. The molecular formula is C21H17BrN2O3S. The Kier molecular flexibility index (Phi) is 5.05. The molecule has 1 heterocycles. The molecule has 1 aliphatic rings. The molecule has 0 saturated heterocycles. The van der Waals surface area contributed by atoms with Crippen molar-refractivity contribution in [2.75, 3.05) is 11.9 Å². The molecule has 0 bridgehead atoms. The number of hydrogen-bond donors (Lipinski definition) is 1. The van der Waals surface area contributed by atoms with Gasteiger partial charge in [-0.1, -0.05) is 64.5 Å². The summed E-state index contributed by atoms with van der Waals surface area (Å²) in [5.41, 5.74) is 2.11. The van der Waals surface area contributed by atoms with Gasteiger partial charge >= 0.3 is 0 Å². The van der Waals surface area contributed by atoms with Crippen LogP contribution in [0, 0.1) is 0 Å². The summed E-state index contributed by atoms with van der Waals surface area (Å²) in [6.45, 7) is -0.275. The molecule has 0 aliphatic carbocycles. The highest BCUT2D eigenvalue weighted by molar-refractivity contribution is 9.10. The van der Waals surface area contributed by atoms with E-state index in [4.69, 9.17) is 0 Å². The van der Waals surface area contributed by atoms with Gasteiger partial charge in [0.1, 0.15) is 0 Å². The zero-order valence-electron chi connectivity index (χ0n) is 14.7. The van der Waals surface area contributed by atoms with Crippen molar-refractivity contribution < 1.29 is 13.2 Å². The minimum Gasteiger partial charge on any atom is -0.325 e. The second-order valence-corrected chi connectivity index (χ2v) is 9.26. The lowest BCUT2D eigenvalue weighted by Crippen LogP contribution is -2.38. The molecule has 1 amide bonds. The Bertz CT molecular complexity index is 1120. The summed E-state index contributed by atoms with van der Waals surface area (Å²) in [5.74, 6) is -0.374. The topological polar surface area (TPSA) is 66.5 Å². The van der Waals surface area contributed by atoms with Gasteiger partial charge in [0.25, 0.3) is 0 Å². The highest BCUT2D eigenvalue weighted by atomic mass is 79.9. The van der Waals surface area contributed by atoms with Crippen molar-refractivity contribution in [1.29, 1.82) is 0 Å². The summed E-state index contributed by atoms with van der Waals surface area (Å²) in [7, 11) is -3.91. The number of nitrogens with zero attached hydrogens (tertiary/aromatic N) is 1. The first-order valence-corrected chi connectivity index (χ1v) is 10.9. The Labute approximate surface area is 172 Å². The Balaban J connectivity index is 1.96. The maximum Gasteiger partial charge on any atom is 0.244 e. The number of amides is 1. The van der Waals surface area contributed by atoms with Crippen LogP contribution in [0.25, 0.3) is 0 Å². The number of sulfonamides is 1. The van der Waals surface area contributed by atoms with E-state index < -0.39 is 16.1 Å². The second kappa shape index (κ2) is 7.50. The van der Waals surface area contributed by atoms with Crippen molar-refractivity contribution in [2.24, 2.45) is 0 Å². The van der Waals surface area contributed by atoms with Crippen molar-refractivity contribution in [3.05, 3.63) is 94.5 Å². The van der Waals surface area contributed by atoms with E-state index in [0.717, 1.165) is 10.0 Å². The van der Waals surface area contributed by atoms with E-state index >= 15 is 0 Å². The van der Waals surface area contributed by atoms with Crippen LogP contribution in [0.1, 0.15) is 17.2 Å². The molecule has 5 nitrogen and oxygen atoms in total. The quantitative estimate of drug-likeness (QED) is 0.642. The molecule has 0 fully saturated rings. The largest absolute Gasteiger partial charge is 0.325 e. The minimum absolute atomic E-state index is 0.155. The molecule has 7 heteroatoms. The van der Waals surface area contributed by atoms with Crippen LogP contribution in [0.15, 0.2) is 88.2 Å². The van der Waals surface area contributed by atoms with Gasteiger partial charge in [-0.3, -0.25) is 4.79 Å². The molecule has 3 aromatic carbocycles. The number of nitrogens with one attached hydrogen (secondary N) is 1. The van der Waals surface area contributed by atoms with Crippen molar-refractivity contribution >= 4 is 37.5 Å². The van der Waals surface area contributed by atoms with E-state index in [0.29, 0.717) is 11.3 Å². The van der Waals surface area contributed by atoms with Crippen LogP contribution in [0.3, 0.4) is 0 Å². The lowest BCUT2D eigenvalue weighted by molar-refractivity contribution is -0.116. The number of anilines is 1. The van der Waals surface area contributed by atoms with Gasteiger partial charge in [-0.15, -0.1) is 0 Å². The Hall–Kier alpha value is -2.48. The van der Waals surface area contributed by atoms with Gasteiger partial charge in [0.15, 0.2) is 0 Å². The number of carbonyl (C=O) groups excluding carboxylic acids is 1. The van der Waals surface area contributed by atoms with Gasteiger partial charge in [0.05, 0.1) is 17.5 Å². The van der Waals surface area contributed by atoms with Gasteiger partial charge in [-0.25, -0.2) is 8.42 Å². The number of halogens is 1. The van der Waals surface area contributed by atoms with Crippen LogP contribution in [0.2, 0.25) is 0 Å². The fraction of sp³-hybridized carbons (Fsp3) is 0.0952. The summed E-state index contributed by atoms with van der Waals surface area (Å²) in [4.78, 5) is 12.7. The van der Waals surface area contributed by atoms with Crippen LogP contribution in [0.5, 0.6) is 0 Å². The van der Waals surface area contributed by atoms with E-state index in [2.05, 4.69) is 21.2 Å². The van der Waals surface area contributed by atoms with Crippen molar-refractivity contribution in [2.45, 2.75) is 10.9 Å². The van der Waals surface area contributed by atoms with Gasteiger partial charge in [-0.2, -0.15) is 4.31 Å². The first-order chi connectivity index (χ1) is 13.5. The van der Waals surface area contributed by atoms with Crippen molar-refractivity contribution in [3.8, 4) is 0 Å². The lowest BCUT2D eigenvalue weighted by atomic mass is 9.97. The van der Waals surface area contributed by atoms with E-state index in [1.807, 2.05) is 42.5 Å². The first kappa shape index (κ1) is 18.9. The summed E-state index contributed by atoms with van der Waals surface area (Å²) >= 11 is 3.47. The molecule has 1 atom stereocenters. The van der Waals surface area contributed by atoms with Crippen LogP contribution in [-0.4, -0.2) is 25.2 Å². The fourth-order valence-corrected chi connectivity index (χ4v) is 5.33. The number of carbonyl (C=O) groups is 1. The SMILES string of the molecule is O=C1CN(S(=O)(=O)c2ccccc2)[C@H](c2ccccc2)c2cc(Br)ccc2N1. The summed E-state index contributed by atoms with van der Waals surface area (Å²) < 4.78 is 29.1. The summed E-state index contributed by atoms with van der Waals surface area (Å²) in [6.07, 6.45) is 0. The van der Waals surface area contributed by atoms with E-state index in [-0.39, 0.29) is 17.3 Å². The van der Waals surface area contributed by atoms with Crippen molar-refractivity contribution in [3.63, 3.8) is 0 Å². The van der Waals surface area contributed by atoms with Gasteiger partial charge < -0.3 is 5.32 Å².